The van der Waals surface area contributed by atoms with Crippen LogP contribution in [0, 0.1) is 0 Å². The maximum Gasteiger partial charge on any atom is 0.127 e. The molecule has 0 unspecified atom stereocenters. The van der Waals surface area contributed by atoms with E-state index in [2.05, 4.69) is 18.3 Å². The van der Waals surface area contributed by atoms with Crippen molar-refractivity contribution in [2.75, 3.05) is 46.2 Å². The molecule has 0 fully saturated rings. The average Bonchev–Trinajstić information content (AvgIpc) is 2.60. The fourth-order valence-corrected chi connectivity index (χ4v) is 2.15. The number of benzene rings is 1. The zero-order chi connectivity index (χ0) is 17.5. The molecule has 0 aliphatic heterocycles. The second-order valence-electron chi connectivity index (χ2n) is 5.39. The molecule has 5 heteroatoms. The molecule has 24 heavy (non-hydrogen) atoms. The van der Waals surface area contributed by atoms with Gasteiger partial charge >= 0.3 is 0 Å². The molecule has 0 saturated heterocycles. The Morgan fingerprint density at radius 3 is 2.25 bits per heavy atom. The molecule has 5 nitrogen and oxygen atoms in total. The van der Waals surface area contributed by atoms with E-state index < -0.39 is 0 Å². The summed E-state index contributed by atoms with van der Waals surface area (Å²) in [7, 11) is 0. The summed E-state index contributed by atoms with van der Waals surface area (Å²) in [6, 6.07) is 6.00. The Balaban J connectivity index is 2.58. The van der Waals surface area contributed by atoms with Gasteiger partial charge in [0.05, 0.1) is 13.2 Å². The molecule has 0 amide bonds. The maximum absolute atomic E-state index is 5.89. The Hall–Kier alpha value is -1.30. The Morgan fingerprint density at radius 2 is 1.58 bits per heavy atom. The molecule has 0 aromatic heterocycles. The molecule has 138 valence electrons. The smallest absolute Gasteiger partial charge is 0.127 e. The lowest BCUT2D eigenvalue weighted by Gasteiger charge is -2.14. The van der Waals surface area contributed by atoms with Crippen LogP contribution >= 0.6 is 0 Å². The van der Waals surface area contributed by atoms with E-state index in [0.29, 0.717) is 39.6 Å². The van der Waals surface area contributed by atoms with Crippen LogP contribution in [0.3, 0.4) is 0 Å². The van der Waals surface area contributed by atoms with Crippen molar-refractivity contribution in [1.82, 2.24) is 5.32 Å². The van der Waals surface area contributed by atoms with Crippen molar-refractivity contribution in [3.05, 3.63) is 23.8 Å². The van der Waals surface area contributed by atoms with Crippen LogP contribution in [-0.2, 0) is 16.0 Å². The van der Waals surface area contributed by atoms with Gasteiger partial charge in [-0.05, 0) is 32.9 Å². The molecule has 0 aliphatic rings. The topological polar surface area (TPSA) is 49.0 Å². The highest BCUT2D eigenvalue weighted by Crippen LogP contribution is 2.25. The third-order valence-corrected chi connectivity index (χ3v) is 3.45. The second kappa shape index (κ2) is 14.1. The number of unbranched alkanes of at least 4 members (excludes halogenated alkanes) is 1. The zero-order valence-electron chi connectivity index (χ0n) is 15.4. The van der Waals surface area contributed by atoms with E-state index in [1.807, 2.05) is 26.0 Å². The minimum atomic E-state index is 0.540. The van der Waals surface area contributed by atoms with Gasteiger partial charge in [-0.2, -0.15) is 0 Å². The third-order valence-electron chi connectivity index (χ3n) is 3.45. The molecular formula is C19H33NO4. The van der Waals surface area contributed by atoms with E-state index in [4.69, 9.17) is 18.9 Å². The first-order chi connectivity index (χ1) is 11.8. The van der Waals surface area contributed by atoms with Crippen LogP contribution in [-0.4, -0.2) is 46.2 Å². The summed E-state index contributed by atoms with van der Waals surface area (Å²) in [4.78, 5) is 0. The molecule has 0 atom stereocenters. The van der Waals surface area contributed by atoms with Gasteiger partial charge in [0, 0.05) is 31.4 Å². The minimum Gasteiger partial charge on any atom is -0.491 e. The fourth-order valence-electron chi connectivity index (χ4n) is 2.15. The standard InChI is InChI=1S/C19H33NO4/c1-4-7-10-20-16-17-8-9-18(23-13-11-21-5-2)15-19(17)24-14-12-22-6-3/h8-9,15,20H,4-7,10-14,16H2,1-3H3. The Bertz CT molecular complexity index is 426. The SMILES string of the molecule is CCCCNCc1ccc(OCCOCC)cc1OCCOCC. The lowest BCUT2D eigenvalue weighted by atomic mass is 10.2. The van der Waals surface area contributed by atoms with Crippen LogP contribution in [0.5, 0.6) is 11.5 Å². The second-order valence-corrected chi connectivity index (χ2v) is 5.39. The molecule has 1 aromatic rings. The third kappa shape index (κ3) is 9.11. The Morgan fingerprint density at radius 1 is 0.875 bits per heavy atom. The normalized spacial score (nSPS) is 10.8. The molecule has 0 aliphatic carbocycles. The van der Waals surface area contributed by atoms with E-state index in [9.17, 15) is 0 Å². The van der Waals surface area contributed by atoms with Gasteiger partial charge in [0.2, 0.25) is 0 Å². The monoisotopic (exact) mass is 339 g/mol. The fraction of sp³-hybridized carbons (Fsp3) is 0.684. The Kier molecular flexibility index (Phi) is 12.2. The summed E-state index contributed by atoms with van der Waals surface area (Å²) in [5.74, 6) is 1.66. The van der Waals surface area contributed by atoms with Gasteiger partial charge in [-0.25, -0.2) is 0 Å². The van der Waals surface area contributed by atoms with Crippen LogP contribution < -0.4 is 14.8 Å². The van der Waals surface area contributed by atoms with Gasteiger partial charge in [-0.1, -0.05) is 19.4 Å². The van der Waals surface area contributed by atoms with Crippen molar-refractivity contribution in [2.45, 2.75) is 40.2 Å². The van der Waals surface area contributed by atoms with E-state index in [-0.39, 0.29) is 0 Å². The summed E-state index contributed by atoms with van der Waals surface area (Å²) < 4.78 is 22.2. The molecule has 1 N–H and O–H groups in total. The highest BCUT2D eigenvalue weighted by Gasteiger charge is 2.07. The van der Waals surface area contributed by atoms with Crippen molar-refractivity contribution in [2.24, 2.45) is 0 Å². The zero-order valence-corrected chi connectivity index (χ0v) is 15.4. The van der Waals surface area contributed by atoms with Crippen molar-refractivity contribution in [3.8, 4) is 11.5 Å². The predicted octanol–water partition coefficient (Wildman–Crippen LogP) is 3.41. The molecule has 1 aromatic carbocycles. The highest BCUT2D eigenvalue weighted by atomic mass is 16.5. The van der Waals surface area contributed by atoms with Crippen molar-refractivity contribution in [1.29, 1.82) is 0 Å². The molecule has 0 spiro atoms. The first-order valence-corrected chi connectivity index (χ1v) is 9.06. The molecule has 1 rings (SSSR count). The summed E-state index contributed by atoms with van der Waals surface area (Å²) in [5.41, 5.74) is 1.14. The van der Waals surface area contributed by atoms with Crippen molar-refractivity contribution in [3.63, 3.8) is 0 Å². The quantitative estimate of drug-likeness (QED) is 0.496. The summed E-state index contributed by atoms with van der Waals surface area (Å²) in [6.45, 7) is 11.6. The molecule has 0 bridgehead atoms. The number of hydrogen-bond acceptors (Lipinski definition) is 5. The van der Waals surface area contributed by atoms with Crippen LogP contribution in [0.1, 0.15) is 39.2 Å². The number of rotatable bonds is 15. The highest BCUT2D eigenvalue weighted by molar-refractivity contribution is 5.40. The molecule has 0 saturated carbocycles. The van der Waals surface area contributed by atoms with Gasteiger partial charge in [0.25, 0.3) is 0 Å². The van der Waals surface area contributed by atoms with E-state index in [1.54, 1.807) is 0 Å². The van der Waals surface area contributed by atoms with Gasteiger partial charge in [0.15, 0.2) is 0 Å². The number of ether oxygens (including phenoxy) is 4. The van der Waals surface area contributed by atoms with E-state index in [0.717, 1.165) is 30.2 Å². The number of nitrogens with one attached hydrogen (secondary N) is 1. The molecule has 0 radical (unpaired) electrons. The van der Waals surface area contributed by atoms with Gasteiger partial charge < -0.3 is 24.3 Å². The van der Waals surface area contributed by atoms with Crippen molar-refractivity contribution < 1.29 is 18.9 Å². The van der Waals surface area contributed by atoms with Gasteiger partial charge in [-0.15, -0.1) is 0 Å². The predicted molar refractivity (Wildman–Crippen MR) is 97.0 cm³/mol. The van der Waals surface area contributed by atoms with Crippen LogP contribution in [0.2, 0.25) is 0 Å². The summed E-state index contributed by atoms with van der Waals surface area (Å²) in [6.07, 6.45) is 2.37. The van der Waals surface area contributed by atoms with Gasteiger partial charge in [-0.3, -0.25) is 0 Å². The number of hydrogen-bond donors (Lipinski definition) is 1. The van der Waals surface area contributed by atoms with Gasteiger partial charge in [0.1, 0.15) is 24.7 Å². The average molecular weight is 339 g/mol. The van der Waals surface area contributed by atoms with E-state index in [1.165, 1.54) is 12.8 Å². The van der Waals surface area contributed by atoms with E-state index >= 15 is 0 Å². The molecule has 0 heterocycles. The summed E-state index contributed by atoms with van der Waals surface area (Å²) in [5, 5.41) is 3.45. The first kappa shape index (κ1) is 20.7. The minimum absolute atomic E-state index is 0.540. The molecular weight excluding hydrogens is 306 g/mol. The van der Waals surface area contributed by atoms with Crippen LogP contribution in [0.25, 0.3) is 0 Å². The van der Waals surface area contributed by atoms with Crippen LogP contribution in [0.4, 0.5) is 0 Å². The van der Waals surface area contributed by atoms with Crippen molar-refractivity contribution >= 4 is 0 Å². The lowest BCUT2D eigenvalue weighted by molar-refractivity contribution is 0.107. The van der Waals surface area contributed by atoms with Crippen LogP contribution in [0.15, 0.2) is 18.2 Å². The first-order valence-electron chi connectivity index (χ1n) is 9.06. The summed E-state index contributed by atoms with van der Waals surface area (Å²) >= 11 is 0. The largest absolute Gasteiger partial charge is 0.491 e. The Labute approximate surface area is 146 Å². The lowest BCUT2D eigenvalue weighted by Crippen LogP contribution is -2.16. The maximum atomic E-state index is 5.89.